The van der Waals surface area contributed by atoms with Gasteiger partial charge in [0.15, 0.2) is 0 Å². The Kier molecular flexibility index (Phi) is 4.67. The van der Waals surface area contributed by atoms with Crippen molar-refractivity contribution in [2.75, 3.05) is 17.6 Å². The van der Waals surface area contributed by atoms with Crippen LogP contribution in [0.25, 0.3) is 10.9 Å². The number of fused-ring (bicyclic) bond motifs is 2. The minimum Gasteiger partial charge on any atom is -0.352 e. The van der Waals surface area contributed by atoms with Gasteiger partial charge in [-0.05, 0) is 42.1 Å². The molecule has 0 unspecified atom stereocenters. The molecule has 0 fully saturated rings. The number of thioether (sulfide) groups is 1. The molecular formula is C20H19N3O2S. The van der Waals surface area contributed by atoms with E-state index < -0.39 is 0 Å². The predicted molar refractivity (Wildman–Crippen MR) is 105 cm³/mol. The lowest BCUT2D eigenvalue weighted by Gasteiger charge is -2.17. The van der Waals surface area contributed by atoms with Crippen LogP contribution in [0.15, 0.2) is 59.6 Å². The van der Waals surface area contributed by atoms with Crippen LogP contribution in [-0.4, -0.2) is 28.7 Å². The zero-order valence-corrected chi connectivity index (χ0v) is 15.0. The molecule has 4 rings (SSSR count). The van der Waals surface area contributed by atoms with Gasteiger partial charge in [0.25, 0.3) is 5.91 Å². The van der Waals surface area contributed by atoms with E-state index in [9.17, 15) is 9.59 Å². The van der Waals surface area contributed by atoms with E-state index in [4.69, 9.17) is 0 Å². The fourth-order valence-corrected chi connectivity index (χ4v) is 3.90. The summed E-state index contributed by atoms with van der Waals surface area (Å²) in [6, 6.07) is 15.8. The molecule has 1 aliphatic heterocycles. The quantitative estimate of drug-likeness (QED) is 0.680. The van der Waals surface area contributed by atoms with Crippen molar-refractivity contribution in [3.63, 3.8) is 0 Å². The van der Waals surface area contributed by atoms with E-state index in [0.717, 1.165) is 23.5 Å². The van der Waals surface area contributed by atoms with Gasteiger partial charge < -0.3 is 15.2 Å². The third-order valence-corrected chi connectivity index (χ3v) is 5.49. The van der Waals surface area contributed by atoms with Crippen LogP contribution in [0.2, 0.25) is 0 Å². The number of hydrogen-bond donors (Lipinski definition) is 2. The molecule has 132 valence electrons. The molecule has 26 heavy (non-hydrogen) atoms. The number of carbonyl (C=O) groups is 2. The molecule has 0 radical (unpaired) electrons. The second kappa shape index (κ2) is 7.25. The number of nitrogens with zero attached hydrogens (tertiary/aromatic N) is 1. The van der Waals surface area contributed by atoms with Crippen molar-refractivity contribution in [2.24, 2.45) is 0 Å². The average Bonchev–Trinajstić information content (AvgIpc) is 3.07. The van der Waals surface area contributed by atoms with E-state index in [1.807, 2.05) is 18.2 Å². The lowest BCUT2D eigenvalue weighted by molar-refractivity contribution is -0.113. The second-order valence-electron chi connectivity index (χ2n) is 6.23. The summed E-state index contributed by atoms with van der Waals surface area (Å²) < 4.78 is 2.20. The second-order valence-corrected chi connectivity index (χ2v) is 7.24. The number of anilines is 1. The largest absolute Gasteiger partial charge is 0.352 e. The molecule has 6 heteroatoms. The average molecular weight is 365 g/mol. The summed E-state index contributed by atoms with van der Waals surface area (Å²) in [6.45, 7) is 1.45. The first-order valence-corrected chi connectivity index (χ1v) is 9.58. The highest BCUT2D eigenvalue weighted by molar-refractivity contribution is 8.00. The minimum atomic E-state index is -0.116. The van der Waals surface area contributed by atoms with Gasteiger partial charge in [-0.25, -0.2) is 0 Å². The normalized spacial score (nSPS) is 13.3. The Labute approximate surface area is 155 Å². The standard InChI is InChI=1S/C20H19N3O2S/c24-19-13-26-18-7-6-15(12-16(18)22-19)20(25)21-9-3-10-23-11-8-14-4-1-2-5-17(14)23/h1-2,4-8,11-12H,3,9-10,13H2,(H,21,25)(H,22,24). The van der Waals surface area contributed by atoms with E-state index in [1.165, 1.54) is 22.7 Å². The van der Waals surface area contributed by atoms with Gasteiger partial charge in [-0.1, -0.05) is 18.2 Å². The molecule has 2 amide bonds. The highest BCUT2D eigenvalue weighted by Crippen LogP contribution is 2.31. The van der Waals surface area contributed by atoms with Crippen molar-refractivity contribution in [2.45, 2.75) is 17.9 Å². The number of benzene rings is 2. The van der Waals surface area contributed by atoms with E-state index in [0.29, 0.717) is 17.9 Å². The van der Waals surface area contributed by atoms with Crippen molar-refractivity contribution in [1.29, 1.82) is 0 Å². The summed E-state index contributed by atoms with van der Waals surface area (Å²) in [5, 5.41) is 7.00. The Morgan fingerprint density at radius 1 is 1.19 bits per heavy atom. The van der Waals surface area contributed by atoms with Gasteiger partial charge in [-0.3, -0.25) is 9.59 Å². The number of aryl methyl sites for hydroxylation is 1. The molecule has 0 bridgehead atoms. The Hall–Kier alpha value is -2.73. The Morgan fingerprint density at radius 3 is 3.00 bits per heavy atom. The highest BCUT2D eigenvalue weighted by atomic mass is 32.2. The molecule has 2 aromatic carbocycles. The lowest BCUT2D eigenvalue weighted by atomic mass is 10.2. The van der Waals surface area contributed by atoms with Crippen LogP contribution in [-0.2, 0) is 11.3 Å². The molecule has 0 aliphatic carbocycles. The fourth-order valence-electron chi connectivity index (χ4n) is 3.11. The number of rotatable bonds is 5. The number of aromatic nitrogens is 1. The molecule has 1 aromatic heterocycles. The monoisotopic (exact) mass is 365 g/mol. The first kappa shape index (κ1) is 16.7. The van der Waals surface area contributed by atoms with Crippen LogP contribution in [0.5, 0.6) is 0 Å². The number of hydrogen-bond acceptors (Lipinski definition) is 3. The molecular weight excluding hydrogens is 346 g/mol. The molecule has 1 aliphatic rings. The Balaban J connectivity index is 1.33. The van der Waals surface area contributed by atoms with E-state index >= 15 is 0 Å². The third kappa shape index (κ3) is 3.46. The number of carbonyl (C=O) groups excluding carboxylic acids is 2. The summed E-state index contributed by atoms with van der Waals surface area (Å²) in [6.07, 6.45) is 2.93. The molecule has 2 N–H and O–H groups in total. The minimum absolute atomic E-state index is 0.0287. The molecule has 0 saturated heterocycles. The number of para-hydroxylation sites is 1. The fraction of sp³-hybridized carbons (Fsp3) is 0.200. The maximum Gasteiger partial charge on any atom is 0.251 e. The van der Waals surface area contributed by atoms with Crippen LogP contribution in [0.1, 0.15) is 16.8 Å². The van der Waals surface area contributed by atoms with Gasteiger partial charge >= 0.3 is 0 Å². The van der Waals surface area contributed by atoms with Crippen molar-refractivity contribution < 1.29 is 9.59 Å². The number of amides is 2. The molecule has 0 spiro atoms. The van der Waals surface area contributed by atoms with Crippen molar-refractivity contribution in [1.82, 2.24) is 9.88 Å². The SMILES string of the molecule is O=C1CSc2ccc(C(=O)NCCCn3ccc4ccccc43)cc2N1. The van der Waals surface area contributed by atoms with Gasteiger partial charge in [0.05, 0.1) is 11.4 Å². The zero-order valence-electron chi connectivity index (χ0n) is 14.2. The molecule has 0 atom stereocenters. The van der Waals surface area contributed by atoms with Crippen molar-refractivity contribution >= 4 is 40.2 Å². The van der Waals surface area contributed by atoms with Crippen LogP contribution < -0.4 is 10.6 Å². The molecule has 2 heterocycles. The summed E-state index contributed by atoms with van der Waals surface area (Å²) in [5.74, 6) is 0.279. The maximum atomic E-state index is 12.3. The lowest BCUT2D eigenvalue weighted by Crippen LogP contribution is -2.26. The van der Waals surface area contributed by atoms with Crippen LogP contribution in [0.3, 0.4) is 0 Å². The van der Waals surface area contributed by atoms with Gasteiger partial charge in [0.2, 0.25) is 5.91 Å². The summed E-state index contributed by atoms with van der Waals surface area (Å²) in [4.78, 5) is 24.8. The topological polar surface area (TPSA) is 63.1 Å². The molecule has 3 aromatic rings. The van der Waals surface area contributed by atoms with Crippen molar-refractivity contribution in [3.05, 3.63) is 60.3 Å². The molecule has 0 saturated carbocycles. The first-order chi connectivity index (χ1) is 12.7. The number of nitrogens with one attached hydrogen (secondary N) is 2. The summed E-state index contributed by atoms with van der Waals surface area (Å²) in [7, 11) is 0. The highest BCUT2D eigenvalue weighted by Gasteiger charge is 2.17. The molecule has 5 nitrogen and oxygen atoms in total. The van der Waals surface area contributed by atoms with Crippen LogP contribution in [0.4, 0.5) is 5.69 Å². The van der Waals surface area contributed by atoms with Crippen LogP contribution >= 0.6 is 11.8 Å². The Bertz CT molecular complexity index is 980. The predicted octanol–water partition coefficient (Wildman–Crippen LogP) is 3.51. The van der Waals surface area contributed by atoms with E-state index in [-0.39, 0.29) is 11.8 Å². The van der Waals surface area contributed by atoms with E-state index in [2.05, 4.69) is 39.6 Å². The third-order valence-electron chi connectivity index (χ3n) is 4.42. The zero-order chi connectivity index (χ0) is 17.9. The van der Waals surface area contributed by atoms with Crippen LogP contribution in [0, 0.1) is 0 Å². The van der Waals surface area contributed by atoms with Gasteiger partial charge in [0.1, 0.15) is 0 Å². The van der Waals surface area contributed by atoms with Gasteiger partial charge in [-0.15, -0.1) is 11.8 Å². The van der Waals surface area contributed by atoms with Gasteiger partial charge in [-0.2, -0.15) is 0 Å². The Morgan fingerprint density at radius 2 is 2.08 bits per heavy atom. The summed E-state index contributed by atoms with van der Waals surface area (Å²) >= 11 is 1.49. The first-order valence-electron chi connectivity index (χ1n) is 8.59. The smallest absolute Gasteiger partial charge is 0.251 e. The van der Waals surface area contributed by atoms with Gasteiger partial charge in [0, 0.05) is 35.3 Å². The maximum absolute atomic E-state index is 12.3. The van der Waals surface area contributed by atoms with E-state index in [1.54, 1.807) is 12.1 Å². The van der Waals surface area contributed by atoms with Crippen molar-refractivity contribution in [3.8, 4) is 0 Å². The summed E-state index contributed by atoms with van der Waals surface area (Å²) in [5.41, 5.74) is 2.50.